The number of nitrogens with one attached hydrogen (secondary N) is 2. The summed E-state index contributed by atoms with van der Waals surface area (Å²) in [4.78, 5) is 23.2. The fraction of sp³-hybridized carbons (Fsp3) is 0.429. The predicted molar refractivity (Wildman–Crippen MR) is 72.1 cm³/mol. The van der Waals surface area contributed by atoms with Crippen molar-refractivity contribution in [1.82, 2.24) is 5.32 Å². The van der Waals surface area contributed by atoms with Gasteiger partial charge in [-0.15, -0.1) is 0 Å². The SMILES string of the molecule is Cc1ccc(NC(=O)NC2(C(=O)O)CCCC2)c(F)c1. The number of rotatable bonds is 3. The second kappa shape index (κ2) is 5.48. The van der Waals surface area contributed by atoms with Crippen molar-refractivity contribution in [3.05, 3.63) is 29.6 Å². The summed E-state index contributed by atoms with van der Waals surface area (Å²) in [7, 11) is 0. The van der Waals surface area contributed by atoms with Gasteiger partial charge in [-0.05, 0) is 37.5 Å². The molecule has 5 nitrogen and oxygen atoms in total. The Labute approximate surface area is 116 Å². The Morgan fingerprint density at radius 2 is 1.95 bits per heavy atom. The molecule has 2 amide bonds. The van der Waals surface area contributed by atoms with Crippen LogP contribution in [-0.4, -0.2) is 22.6 Å². The Morgan fingerprint density at radius 1 is 1.30 bits per heavy atom. The lowest BCUT2D eigenvalue weighted by atomic mass is 9.98. The van der Waals surface area contributed by atoms with Crippen molar-refractivity contribution in [3.8, 4) is 0 Å². The minimum absolute atomic E-state index is 0.0339. The van der Waals surface area contributed by atoms with Crippen LogP contribution in [0.4, 0.5) is 14.9 Å². The number of hydrogen-bond acceptors (Lipinski definition) is 2. The average Bonchev–Trinajstić information content (AvgIpc) is 2.82. The Bertz CT molecular complexity index is 539. The molecule has 3 N–H and O–H groups in total. The molecule has 0 bridgehead atoms. The van der Waals surface area contributed by atoms with Crippen LogP contribution in [-0.2, 0) is 4.79 Å². The second-order valence-electron chi connectivity index (χ2n) is 5.16. The number of amides is 2. The molecule has 20 heavy (non-hydrogen) atoms. The van der Waals surface area contributed by atoms with Gasteiger partial charge in [0.1, 0.15) is 11.4 Å². The lowest BCUT2D eigenvalue weighted by molar-refractivity contribution is -0.144. The summed E-state index contributed by atoms with van der Waals surface area (Å²) < 4.78 is 13.6. The number of carbonyl (C=O) groups excluding carboxylic acids is 1. The molecule has 1 aromatic carbocycles. The Balaban J connectivity index is 2.07. The van der Waals surface area contributed by atoms with E-state index >= 15 is 0 Å². The normalized spacial score (nSPS) is 16.7. The molecule has 2 rings (SSSR count). The number of carbonyl (C=O) groups is 2. The first kappa shape index (κ1) is 14.3. The first-order chi connectivity index (χ1) is 9.43. The number of carboxylic acid groups (broad SMARTS) is 1. The van der Waals surface area contributed by atoms with Crippen molar-refractivity contribution in [2.75, 3.05) is 5.32 Å². The molecule has 0 aromatic heterocycles. The highest BCUT2D eigenvalue weighted by atomic mass is 19.1. The predicted octanol–water partition coefficient (Wildman–Crippen LogP) is 2.65. The van der Waals surface area contributed by atoms with Gasteiger partial charge in [0.05, 0.1) is 5.69 Å². The summed E-state index contributed by atoms with van der Waals surface area (Å²) in [5.41, 5.74) is -0.455. The number of hydrogen-bond donors (Lipinski definition) is 3. The standard InChI is InChI=1S/C14H17FN2O3/c1-9-4-5-11(10(15)8-9)16-13(20)17-14(12(18)19)6-2-3-7-14/h4-5,8H,2-3,6-7H2,1H3,(H,18,19)(H2,16,17,20). The molecule has 1 fully saturated rings. The maximum absolute atomic E-state index is 13.6. The number of anilines is 1. The minimum atomic E-state index is -1.23. The molecule has 6 heteroatoms. The highest BCUT2D eigenvalue weighted by Crippen LogP contribution is 2.30. The van der Waals surface area contributed by atoms with Crippen LogP contribution in [0.3, 0.4) is 0 Å². The number of halogens is 1. The molecule has 1 aromatic rings. The molecule has 0 heterocycles. The lowest BCUT2D eigenvalue weighted by Crippen LogP contribution is -2.53. The van der Waals surface area contributed by atoms with Gasteiger partial charge in [-0.2, -0.15) is 0 Å². The van der Waals surface area contributed by atoms with Crippen molar-refractivity contribution in [1.29, 1.82) is 0 Å². The van der Waals surface area contributed by atoms with Crippen molar-refractivity contribution in [3.63, 3.8) is 0 Å². The maximum Gasteiger partial charge on any atom is 0.329 e. The maximum atomic E-state index is 13.6. The van der Waals surface area contributed by atoms with Crippen molar-refractivity contribution in [2.24, 2.45) is 0 Å². The summed E-state index contributed by atoms with van der Waals surface area (Å²) in [6.07, 6.45) is 2.30. The fourth-order valence-electron chi connectivity index (χ4n) is 2.46. The van der Waals surface area contributed by atoms with Crippen LogP contribution in [0.1, 0.15) is 31.2 Å². The monoisotopic (exact) mass is 280 g/mol. The zero-order chi connectivity index (χ0) is 14.8. The van der Waals surface area contributed by atoms with Crippen molar-refractivity contribution >= 4 is 17.7 Å². The van der Waals surface area contributed by atoms with E-state index in [2.05, 4.69) is 10.6 Å². The molecule has 0 aliphatic heterocycles. The van der Waals surface area contributed by atoms with E-state index in [0.29, 0.717) is 12.8 Å². The molecule has 0 radical (unpaired) electrons. The van der Waals surface area contributed by atoms with Gasteiger partial charge >= 0.3 is 12.0 Å². The molecule has 1 aliphatic rings. The van der Waals surface area contributed by atoms with Gasteiger partial charge in [0.25, 0.3) is 0 Å². The van der Waals surface area contributed by atoms with E-state index in [1.165, 1.54) is 12.1 Å². The van der Waals surface area contributed by atoms with Crippen molar-refractivity contribution < 1.29 is 19.1 Å². The topological polar surface area (TPSA) is 78.4 Å². The smallest absolute Gasteiger partial charge is 0.329 e. The molecule has 1 aliphatic carbocycles. The van der Waals surface area contributed by atoms with Crippen molar-refractivity contribution in [2.45, 2.75) is 38.1 Å². The van der Waals surface area contributed by atoms with Crippen LogP contribution in [0.15, 0.2) is 18.2 Å². The van der Waals surface area contributed by atoms with Gasteiger partial charge < -0.3 is 15.7 Å². The number of aryl methyl sites for hydroxylation is 1. The van der Waals surface area contributed by atoms with Gasteiger partial charge in [-0.3, -0.25) is 0 Å². The Morgan fingerprint density at radius 3 is 2.50 bits per heavy atom. The molecule has 0 spiro atoms. The Kier molecular flexibility index (Phi) is 3.92. The van der Waals surface area contributed by atoms with E-state index < -0.39 is 23.4 Å². The third-order valence-corrected chi connectivity index (χ3v) is 3.59. The van der Waals surface area contributed by atoms with E-state index in [1.54, 1.807) is 13.0 Å². The minimum Gasteiger partial charge on any atom is -0.480 e. The zero-order valence-corrected chi connectivity index (χ0v) is 11.2. The summed E-state index contributed by atoms with van der Waals surface area (Å²) in [5, 5.41) is 14.1. The van der Waals surface area contributed by atoms with Crippen LogP contribution in [0.25, 0.3) is 0 Å². The number of aliphatic carboxylic acids is 1. The van der Waals surface area contributed by atoms with Crippen LogP contribution in [0, 0.1) is 12.7 Å². The number of benzene rings is 1. The highest BCUT2D eigenvalue weighted by molar-refractivity contribution is 5.94. The molecule has 1 saturated carbocycles. The van der Waals surface area contributed by atoms with Crippen LogP contribution in [0.5, 0.6) is 0 Å². The highest BCUT2D eigenvalue weighted by Gasteiger charge is 2.42. The Hall–Kier alpha value is -2.11. The quantitative estimate of drug-likeness (QED) is 0.796. The fourth-order valence-corrected chi connectivity index (χ4v) is 2.46. The van der Waals surface area contributed by atoms with E-state index in [4.69, 9.17) is 0 Å². The van der Waals surface area contributed by atoms with Gasteiger partial charge in [0, 0.05) is 0 Å². The summed E-state index contributed by atoms with van der Waals surface area (Å²) >= 11 is 0. The molecule has 108 valence electrons. The molecular formula is C14H17FN2O3. The summed E-state index contributed by atoms with van der Waals surface area (Å²) in [6.45, 7) is 1.74. The lowest BCUT2D eigenvalue weighted by Gasteiger charge is -2.25. The zero-order valence-electron chi connectivity index (χ0n) is 11.2. The van der Waals surface area contributed by atoms with Crippen LogP contribution >= 0.6 is 0 Å². The first-order valence-corrected chi connectivity index (χ1v) is 6.52. The van der Waals surface area contributed by atoms with E-state index in [1.807, 2.05) is 0 Å². The largest absolute Gasteiger partial charge is 0.480 e. The number of urea groups is 1. The van der Waals surface area contributed by atoms with Gasteiger partial charge in [0.15, 0.2) is 0 Å². The molecular weight excluding hydrogens is 263 g/mol. The van der Waals surface area contributed by atoms with Gasteiger partial charge in [0.2, 0.25) is 0 Å². The third-order valence-electron chi connectivity index (χ3n) is 3.59. The molecule has 0 saturated heterocycles. The summed E-state index contributed by atoms with van der Waals surface area (Å²) in [6, 6.07) is 3.73. The van der Waals surface area contributed by atoms with E-state index in [-0.39, 0.29) is 5.69 Å². The molecule has 0 unspecified atom stereocenters. The van der Waals surface area contributed by atoms with Gasteiger partial charge in [-0.25, -0.2) is 14.0 Å². The van der Waals surface area contributed by atoms with Crippen LogP contribution in [0.2, 0.25) is 0 Å². The number of carboxylic acids is 1. The first-order valence-electron chi connectivity index (χ1n) is 6.52. The summed E-state index contributed by atoms with van der Waals surface area (Å²) in [5.74, 6) is -1.59. The van der Waals surface area contributed by atoms with Gasteiger partial charge in [-0.1, -0.05) is 18.9 Å². The van der Waals surface area contributed by atoms with E-state index in [0.717, 1.165) is 18.4 Å². The van der Waals surface area contributed by atoms with E-state index in [9.17, 15) is 19.1 Å². The molecule has 0 atom stereocenters. The second-order valence-corrected chi connectivity index (χ2v) is 5.16. The average molecular weight is 280 g/mol. The third kappa shape index (κ3) is 2.89. The van der Waals surface area contributed by atoms with Crippen LogP contribution < -0.4 is 10.6 Å².